The van der Waals surface area contributed by atoms with E-state index in [1.54, 1.807) is 18.7 Å². The molecule has 1 aromatic carbocycles. The highest BCUT2D eigenvalue weighted by molar-refractivity contribution is 6.01. The van der Waals surface area contributed by atoms with Crippen LogP contribution in [0.1, 0.15) is 13.8 Å². The molecule has 0 N–H and O–H groups in total. The van der Waals surface area contributed by atoms with Crippen molar-refractivity contribution in [2.75, 3.05) is 11.5 Å². The van der Waals surface area contributed by atoms with Crippen molar-refractivity contribution in [2.45, 2.75) is 20.1 Å². The van der Waals surface area contributed by atoms with E-state index in [-0.39, 0.29) is 12.3 Å². The zero-order valence-electron chi connectivity index (χ0n) is 10.8. The summed E-state index contributed by atoms with van der Waals surface area (Å²) in [5.74, 6) is -1.07. The first kappa shape index (κ1) is 13.1. The normalized spacial score (nSPS) is 18.6. The molecular formula is C14H15NO4. The lowest BCUT2D eigenvalue weighted by molar-refractivity contribution is -0.147. The standard InChI is InChI=1S/C14H15NO4/c1-3-18-14(17)12-9-13(16)19-10(2)15(12)11-7-5-4-6-8-11/h4-10H,3H2,1-2H3. The Balaban J connectivity index is 2.40. The maximum atomic E-state index is 11.9. The molecule has 1 aliphatic rings. The molecule has 1 atom stereocenters. The Labute approximate surface area is 111 Å². The van der Waals surface area contributed by atoms with Crippen molar-refractivity contribution in [1.29, 1.82) is 0 Å². The topological polar surface area (TPSA) is 55.8 Å². The van der Waals surface area contributed by atoms with Crippen molar-refractivity contribution < 1.29 is 19.1 Å². The molecule has 0 fully saturated rings. The van der Waals surface area contributed by atoms with Crippen molar-refractivity contribution in [2.24, 2.45) is 0 Å². The molecule has 1 aromatic rings. The Morgan fingerprint density at radius 2 is 2.05 bits per heavy atom. The summed E-state index contributed by atoms with van der Waals surface area (Å²) in [5, 5.41) is 0. The van der Waals surface area contributed by atoms with Crippen LogP contribution in [0.4, 0.5) is 5.69 Å². The number of ether oxygens (including phenoxy) is 2. The summed E-state index contributed by atoms with van der Waals surface area (Å²) in [4.78, 5) is 25.0. The molecule has 0 aromatic heterocycles. The molecule has 5 nitrogen and oxygen atoms in total. The van der Waals surface area contributed by atoms with Crippen LogP contribution in [0.3, 0.4) is 0 Å². The maximum Gasteiger partial charge on any atom is 0.355 e. The Morgan fingerprint density at radius 1 is 1.37 bits per heavy atom. The number of rotatable bonds is 3. The monoisotopic (exact) mass is 261 g/mol. The van der Waals surface area contributed by atoms with Crippen LogP contribution in [0.5, 0.6) is 0 Å². The second kappa shape index (κ2) is 5.56. The number of benzene rings is 1. The molecule has 0 radical (unpaired) electrons. The first-order valence-electron chi connectivity index (χ1n) is 6.07. The van der Waals surface area contributed by atoms with Crippen molar-refractivity contribution in [1.82, 2.24) is 0 Å². The Bertz CT molecular complexity index is 509. The largest absolute Gasteiger partial charge is 0.461 e. The molecule has 1 aliphatic heterocycles. The summed E-state index contributed by atoms with van der Waals surface area (Å²) in [7, 11) is 0. The molecule has 0 bridgehead atoms. The fourth-order valence-electron chi connectivity index (χ4n) is 1.93. The number of carbonyl (C=O) groups excluding carboxylic acids is 2. The minimum Gasteiger partial charge on any atom is -0.461 e. The third-order valence-electron chi connectivity index (χ3n) is 2.68. The van der Waals surface area contributed by atoms with Gasteiger partial charge >= 0.3 is 11.9 Å². The van der Waals surface area contributed by atoms with Crippen molar-refractivity contribution in [3.05, 3.63) is 42.1 Å². The van der Waals surface area contributed by atoms with Gasteiger partial charge in [0.15, 0.2) is 6.23 Å². The average Bonchev–Trinajstić information content (AvgIpc) is 2.39. The van der Waals surface area contributed by atoms with Crippen LogP contribution in [0, 0.1) is 0 Å². The molecule has 0 saturated carbocycles. The van der Waals surface area contributed by atoms with Gasteiger partial charge in [0.25, 0.3) is 0 Å². The number of anilines is 1. The quantitative estimate of drug-likeness (QED) is 0.777. The average molecular weight is 261 g/mol. The molecule has 0 spiro atoms. The number of esters is 2. The van der Waals surface area contributed by atoms with Crippen LogP contribution >= 0.6 is 0 Å². The number of carbonyl (C=O) groups is 2. The van der Waals surface area contributed by atoms with Gasteiger partial charge in [-0.1, -0.05) is 18.2 Å². The predicted octanol–water partition coefficient (Wildman–Crippen LogP) is 1.84. The molecule has 0 aliphatic carbocycles. The fraction of sp³-hybridized carbons (Fsp3) is 0.286. The maximum absolute atomic E-state index is 11.9. The van der Waals surface area contributed by atoms with Gasteiger partial charge in [-0.3, -0.25) is 4.90 Å². The minimum absolute atomic E-state index is 0.191. The third kappa shape index (κ3) is 2.76. The molecule has 1 heterocycles. The lowest BCUT2D eigenvalue weighted by Crippen LogP contribution is -2.42. The van der Waals surface area contributed by atoms with Crippen LogP contribution in [0.2, 0.25) is 0 Å². The summed E-state index contributed by atoms with van der Waals surface area (Å²) >= 11 is 0. The van der Waals surface area contributed by atoms with Gasteiger partial charge in [0.1, 0.15) is 5.70 Å². The Hall–Kier alpha value is -2.30. The minimum atomic E-state index is -0.556. The van der Waals surface area contributed by atoms with Crippen LogP contribution in [0.15, 0.2) is 42.1 Å². The third-order valence-corrected chi connectivity index (χ3v) is 2.68. The van der Waals surface area contributed by atoms with Gasteiger partial charge < -0.3 is 9.47 Å². The molecular weight excluding hydrogens is 246 g/mol. The van der Waals surface area contributed by atoms with Gasteiger partial charge in [0.2, 0.25) is 0 Å². The number of hydrogen-bond acceptors (Lipinski definition) is 5. The van der Waals surface area contributed by atoms with Gasteiger partial charge in [0.05, 0.1) is 12.7 Å². The summed E-state index contributed by atoms with van der Waals surface area (Å²) in [6.45, 7) is 3.68. The van der Waals surface area contributed by atoms with E-state index in [0.29, 0.717) is 0 Å². The van der Waals surface area contributed by atoms with E-state index in [1.165, 1.54) is 0 Å². The van der Waals surface area contributed by atoms with Crippen molar-refractivity contribution >= 4 is 17.6 Å². The first-order chi connectivity index (χ1) is 9.13. The van der Waals surface area contributed by atoms with Gasteiger partial charge in [-0.05, 0) is 26.0 Å². The van der Waals surface area contributed by atoms with Crippen LogP contribution in [-0.2, 0) is 19.1 Å². The number of cyclic esters (lactones) is 1. The van der Waals surface area contributed by atoms with E-state index < -0.39 is 18.2 Å². The van der Waals surface area contributed by atoms with Crippen LogP contribution in [-0.4, -0.2) is 24.8 Å². The van der Waals surface area contributed by atoms with E-state index >= 15 is 0 Å². The lowest BCUT2D eigenvalue weighted by Gasteiger charge is -2.34. The summed E-state index contributed by atoms with van der Waals surface area (Å²) < 4.78 is 10.1. The van der Waals surface area contributed by atoms with Crippen molar-refractivity contribution in [3.8, 4) is 0 Å². The second-order valence-corrected chi connectivity index (χ2v) is 3.99. The van der Waals surface area contributed by atoms with E-state index in [4.69, 9.17) is 9.47 Å². The second-order valence-electron chi connectivity index (χ2n) is 3.99. The van der Waals surface area contributed by atoms with Crippen LogP contribution in [0.25, 0.3) is 0 Å². The molecule has 2 rings (SSSR count). The zero-order valence-corrected chi connectivity index (χ0v) is 10.8. The van der Waals surface area contributed by atoms with Gasteiger partial charge in [0, 0.05) is 5.69 Å². The highest BCUT2D eigenvalue weighted by atomic mass is 16.6. The first-order valence-corrected chi connectivity index (χ1v) is 6.07. The highest BCUT2D eigenvalue weighted by Crippen LogP contribution is 2.26. The molecule has 5 heteroatoms. The lowest BCUT2D eigenvalue weighted by atomic mass is 10.2. The number of nitrogens with zero attached hydrogens (tertiary/aromatic N) is 1. The Morgan fingerprint density at radius 3 is 2.68 bits per heavy atom. The highest BCUT2D eigenvalue weighted by Gasteiger charge is 2.31. The van der Waals surface area contributed by atoms with E-state index in [0.717, 1.165) is 11.8 Å². The molecule has 0 saturated heterocycles. The Kier molecular flexibility index (Phi) is 3.85. The number of para-hydroxylation sites is 1. The van der Waals surface area contributed by atoms with Gasteiger partial charge in [-0.2, -0.15) is 0 Å². The SMILES string of the molecule is CCOC(=O)C1=CC(=O)OC(C)N1c1ccccc1. The van der Waals surface area contributed by atoms with E-state index in [2.05, 4.69) is 0 Å². The van der Waals surface area contributed by atoms with E-state index in [9.17, 15) is 9.59 Å². The van der Waals surface area contributed by atoms with Gasteiger partial charge in [-0.15, -0.1) is 0 Å². The fourth-order valence-corrected chi connectivity index (χ4v) is 1.93. The summed E-state index contributed by atoms with van der Waals surface area (Å²) in [6.07, 6.45) is 0.602. The molecule has 1 unspecified atom stereocenters. The summed E-state index contributed by atoms with van der Waals surface area (Å²) in [6, 6.07) is 9.24. The van der Waals surface area contributed by atoms with Gasteiger partial charge in [-0.25, -0.2) is 9.59 Å². The number of hydrogen-bond donors (Lipinski definition) is 0. The summed E-state index contributed by atoms with van der Waals surface area (Å²) in [5.41, 5.74) is 0.957. The molecule has 19 heavy (non-hydrogen) atoms. The van der Waals surface area contributed by atoms with Crippen molar-refractivity contribution in [3.63, 3.8) is 0 Å². The van der Waals surface area contributed by atoms with E-state index in [1.807, 2.05) is 30.3 Å². The van der Waals surface area contributed by atoms with Crippen LogP contribution < -0.4 is 4.90 Å². The predicted molar refractivity (Wildman–Crippen MR) is 69.2 cm³/mol. The zero-order chi connectivity index (χ0) is 13.8. The molecule has 0 amide bonds. The molecule has 100 valence electrons. The smallest absolute Gasteiger partial charge is 0.355 e.